The van der Waals surface area contributed by atoms with Gasteiger partial charge < -0.3 is 10.2 Å². The van der Waals surface area contributed by atoms with E-state index in [1.54, 1.807) is 0 Å². The summed E-state index contributed by atoms with van der Waals surface area (Å²) in [6.45, 7) is 0. The van der Waals surface area contributed by atoms with E-state index < -0.39 is 12.1 Å². The number of rotatable bonds is 1. The Bertz CT molecular complexity index is 574. The van der Waals surface area contributed by atoms with Crippen LogP contribution in [0.5, 0.6) is 0 Å². The van der Waals surface area contributed by atoms with Crippen LogP contribution in [0.1, 0.15) is 27.0 Å². The molecular weight excluding hydrogens is 230 g/mol. The van der Waals surface area contributed by atoms with Crippen LogP contribution >= 0.6 is 11.3 Å². The molecule has 0 aliphatic heterocycles. The fourth-order valence-electron chi connectivity index (χ4n) is 1.81. The molecular formula is C9H7N3O3S. The highest BCUT2D eigenvalue weighted by Gasteiger charge is 2.29. The third-order valence-corrected chi connectivity index (χ3v) is 3.70. The lowest BCUT2D eigenvalue weighted by Crippen LogP contribution is -2.08. The summed E-state index contributed by atoms with van der Waals surface area (Å²) in [5.74, 6) is -0.989. The number of thiophene rings is 1. The van der Waals surface area contributed by atoms with Crippen LogP contribution in [0, 0.1) is 0 Å². The van der Waals surface area contributed by atoms with Crippen molar-refractivity contribution in [3.05, 3.63) is 22.2 Å². The van der Waals surface area contributed by atoms with Gasteiger partial charge in [-0.1, -0.05) is 0 Å². The lowest BCUT2D eigenvalue weighted by molar-refractivity contribution is 0.0702. The van der Waals surface area contributed by atoms with E-state index in [0.29, 0.717) is 28.2 Å². The topological polar surface area (TPSA) is 99.1 Å². The standard InChI is InChI=1S/C9H7N3O3S/c13-5-2-4-7(11-12-10-4)8-3(5)1-6(16-8)9(14)15/h1,5,13H,2H2,(H,14,15)(H,10,11,12). The highest BCUT2D eigenvalue weighted by Crippen LogP contribution is 2.41. The molecule has 1 atom stereocenters. The maximum atomic E-state index is 10.9. The summed E-state index contributed by atoms with van der Waals surface area (Å²) in [7, 11) is 0. The second-order valence-electron chi connectivity index (χ2n) is 3.54. The Labute approximate surface area is 93.6 Å². The van der Waals surface area contributed by atoms with E-state index in [2.05, 4.69) is 15.4 Å². The molecule has 3 rings (SSSR count). The predicted molar refractivity (Wildman–Crippen MR) is 55.3 cm³/mol. The molecule has 0 saturated carbocycles. The van der Waals surface area contributed by atoms with Crippen molar-refractivity contribution in [2.45, 2.75) is 12.5 Å². The zero-order valence-corrected chi connectivity index (χ0v) is 8.78. The molecule has 1 unspecified atom stereocenters. The van der Waals surface area contributed by atoms with Crippen molar-refractivity contribution in [1.82, 2.24) is 15.4 Å². The Morgan fingerprint density at radius 2 is 2.38 bits per heavy atom. The Morgan fingerprint density at radius 3 is 3.12 bits per heavy atom. The van der Waals surface area contributed by atoms with Crippen LogP contribution in [0.4, 0.5) is 0 Å². The Balaban J connectivity index is 2.23. The second-order valence-corrected chi connectivity index (χ2v) is 4.59. The number of aromatic nitrogens is 3. The van der Waals surface area contributed by atoms with Crippen molar-refractivity contribution in [2.24, 2.45) is 0 Å². The number of aromatic amines is 1. The number of carboxylic acid groups (broad SMARTS) is 1. The average Bonchev–Trinajstić information content (AvgIpc) is 2.80. The first-order chi connectivity index (χ1) is 7.66. The largest absolute Gasteiger partial charge is 0.477 e. The Hall–Kier alpha value is -1.73. The minimum Gasteiger partial charge on any atom is -0.477 e. The van der Waals surface area contributed by atoms with Crippen molar-refractivity contribution in [3.8, 4) is 10.6 Å². The highest BCUT2D eigenvalue weighted by atomic mass is 32.1. The van der Waals surface area contributed by atoms with Gasteiger partial charge in [0, 0.05) is 12.0 Å². The van der Waals surface area contributed by atoms with E-state index in [9.17, 15) is 9.90 Å². The van der Waals surface area contributed by atoms with Crippen molar-refractivity contribution in [3.63, 3.8) is 0 Å². The Morgan fingerprint density at radius 1 is 1.56 bits per heavy atom. The number of nitrogens with zero attached hydrogens (tertiary/aromatic N) is 2. The van der Waals surface area contributed by atoms with E-state index in [1.807, 2.05) is 0 Å². The van der Waals surface area contributed by atoms with Gasteiger partial charge in [0.1, 0.15) is 10.6 Å². The molecule has 0 bridgehead atoms. The lowest BCUT2D eigenvalue weighted by Gasteiger charge is -2.14. The number of aliphatic hydroxyl groups is 1. The maximum absolute atomic E-state index is 10.9. The smallest absolute Gasteiger partial charge is 0.345 e. The van der Waals surface area contributed by atoms with Crippen LogP contribution < -0.4 is 0 Å². The van der Waals surface area contributed by atoms with Gasteiger partial charge in [-0.15, -0.1) is 11.3 Å². The molecule has 0 spiro atoms. The number of aliphatic hydroxyl groups excluding tert-OH is 1. The van der Waals surface area contributed by atoms with E-state index in [4.69, 9.17) is 5.11 Å². The molecule has 1 aliphatic rings. The van der Waals surface area contributed by atoms with Crippen LogP contribution in [0.15, 0.2) is 6.07 Å². The summed E-state index contributed by atoms with van der Waals surface area (Å²) >= 11 is 1.11. The summed E-state index contributed by atoms with van der Waals surface area (Å²) < 4.78 is 0. The van der Waals surface area contributed by atoms with Crippen LogP contribution in [-0.4, -0.2) is 31.6 Å². The summed E-state index contributed by atoms with van der Waals surface area (Å²) in [4.78, 5) is 11.8. The number of H-pyrrole nitrogens is 1. The van der Waals surface area contributed by atoms with E-state index in [1.165, 1.54) is 6.07 Å². The minimum atomic E-state index is -0.989. The van der Waals surface area contributed by atoms with Gasteiger partial charge in [0.2, 0.25) is 0 Å². The molecule has 0 aromatic carbocycles. The van der Waals surface area contributed by atoms with E-state index in [0.717, 1.165) is 11.3 Å². The molecule has 0 amide bonds. The fourth-order valence-corrected chi connectivity index (χ4v) is 2.88. The van der Waals surface area contributed by atoms with Gasteiger partial charge in [0.15, 0.2) is 0 Å². The summed E-state index contributed by atoms with van der Waals surface area (Å²) in [6, 6.07) is 1.50. The van der Waals surface area contributed by atoms with Crippen LogP contribution in [0.2, 0.25) is 0 Å². The number of nitrogens with one attached hydrogen (secondary N) is 1. The van der Waals surface area contributed by atoms with Crippen molar-refractivity contribution < 1.29 is 15.0 Å². The number of hydrogen-bond acceptors (Lipinski definition) is 5. The zero-order valence-electron chi connectivity index (χ0n) is 7.97. The summed E-state index contributed by atoms with van der Waals surface area (Å²) in [6.07, 6.45) is -0.328. The molecule has 6 nitrogen and oxygen atoms in total. The molecule has 7 heteroatoms. The number of aromatic carboxylic acids is 1. The van der Waals surface area contributed by atoms with Gasteiger partial charge in [-0.05, 0) is 6.07 Å². The SMILES string of the molecule is O=C(O)c1cc2c(s1)-c1n[nH]nc1CC2O. The number of fused-ring (bicyclic) bond motifs is 3. The van der Waals surface area contributed by atoms with Gasteiger partial charge in [0.25, 0.3) is 0 Å². The third-order valence-electron chi connectivity index (χ3n) is 2.55. The number of hydrogen-bond donors (Lipinski definition) is 3. The molecule has 2 aromatic heterocycles. The monoisotopic (exact) mass is 237 g/mol. The quantitative estimate of drug-likeness (QED) is 0.682. The Kier molecular flexibility index (Phi) is 1.86. The van der Waals surface area contributed by atoms with Gasteiger partial charge >= 0.3 is 5.97 Å². The van der Waals surface area contributed by atoms with E-state index >= 15 is 0 Å². The third kappa shape index (κ3) is 1.18. The second kappa shape index (κ2) is 3.13. The predicted octanol–water partition coefficient (Wildman–Crippen LogP) is 0.821. The van der Waals surface area contributed by atoms with Crippen molar-refractivity contribution >= 4 is 17.3 Å². The molecule has 16 heavy (non-hydrogen) atoms. The first kappa shape index (κ1) is 9.49. The average molecular weight is 237 g/mol. The molecule has 0 saturated heterocycles. The van der Waals surface area contributed by atoms with Crippen LogP contribution in [0.3, 0.4) is 0 Å². The van der Waals surface area contributed by atoms with Crippen molar-refractivity contribution in [1.29, 1.82) is 0 Å². The van der Waals surface area contributed by atoms with Crippen molar-refractivity contribution in [2.75, 3.05) is 0 Å². The molecule has 1 aliphatic carbocycles. The zero-order chi connectivity index (χ0) is 11.3. The minimum absolute atomic E-state index is 0.208. The normalized spacial score (nSPS) is 17.9. The van der Waals surface area contributed by atoms with Gasteiger partial charge in [-0.2, -0.15) is 15.4 Å². The maximum Gasteiger partial charge on any atom is 0.345 e. The first-order valence-corrected chi connectivity index (χ1v) is 5.43. The fraction of sp³-hybridized carbons (Fsp3) is 0.222. The molecule has 0 fully saturated rings. The first-order valence-electron chi connectivity index (χ1n) is 4.62. The van der Waals surface area contributed by atoms with Crippen LogP contribution in [0.25, 0.3) is 10.6 Å². The molecule has 2 aromatic rings. The highest BCUT2D eigenvalue weighted by molar-refractivity contribution is 7.17. The van der Waals surface area contributed by atoms with Gasteiger partial charge in [-0.25, -0.2) is 4.79 Å². The molecule has 0 radical (unpaired) electrons. The molecule has 2 heterocycles. The molecule has 82 valence electrons. The van der Waals surface area contributed by atoms with Gasteiger partial charge in [0.05, 0.1) is 16.7 Å². The summed E-state index contributed by atoms with van der Waals surface area (Å²) in [5.41, 5.74) is 1.96. The van der Waals surface area contributed by atoms with E-state index in [-0.39, 0.29) is 4.88 Å². The lowest BCUT2D eigenvalue weighted by atomic mass is 9.97. The van der Waals surface area contributed by atoms with Gasteiger partial charge in [-0.3, -0.25) is 0 Å². The molecule has 3 N–H and O–H groups in total. The van der Waals surface area contributed by atoms with Crippen LogP contribution in [-0.2, 0) is 6.42 Å². The number of carboxylic acids is 1. The number of carbonyl (C=O) groups is 1. The summed E-state index contributed by atoms with van der Waals surface area (Å²) in [5, 5.41) is 29.1.